The molecule has 0 spiro atoms. The summed E-state index contributed by atoms with van der Waals surface area (Å²) in [4.78, 5) is 0. The Bertz CT molecular complexity index is 353. The lowest BCUT2D eigenvalue weighted by molar-refractivity contribution is 0.241. The van der Waals surface area contributed by atoms with Crippen LogP contribution in [0, 0.1) is 5.92 Å². The summed E-state index contributed by atoms with van der Waals surface area (Å²) in [6, 6.07) is 0. The minimum absolute atomic E-state index is 0.111. The van der Waals surface area contributed by atoms with Gasteiger partial charge in [0.25, 0.3) is 0 Å². The van der Waals surface area contributed by atoms with E-state index in [0.717, 1.165) is 37.4 Å². The van der Waals surface area contributed by atoms with Crippen molar-refractivity contribution >= 4 is 26.0 Å². The summed E-state index contributed by atoms with van der Waals surface area (Å²) in [6.07, 6.45) is 5.95. The van der Waals surface area contributed by atoms with E-state index in [1.165, 1.54) is 6.42 Å². The topological polar surface area (TPSA) is 46.2 Å². The quantitative estimate of drug-likeness (QED) is 0.811. The molecule has 2 aliphatic rings. The minimum atomic E-state index is -3.06. The van der Waals surface area contributed by atoms with Gasteiger partial charge < -0.3 is 0 Å². The van der Waals surface area contributed by atoms with E-state index >= 15 is 0 Å². The van der Waals surface area contributed by atoms with Crippen LogP contribution in [-0.4, -0.2) is 24.5 Å². The van der Waals surface area contributed by atoms with Crippen molar-refractivity contribution in [3.63, 3.8) is 0 Å². The van der Waals surface area contributed by atoms with Gasteiger partial charge in [-0.3, -0.25) is 0 Å². The van der Waals surface area contributed by atoms with Crippen molar-refractivity contribution in [3.05, 3.63) is 0 Å². The van der Waals surface area contributed by atoms with E-state index in [1.807, 2.05) is 0 Å². The number of nitrogens with one attached hydrogen (secondary N) is 1. The molecule has 1 N–H and O–H groups in total. The molecule has 2 saturated carbocycles. The molecule has 0 aromatic rings. The van der Waals surface area contributed by atoms with Gasteiger partial charge >= 0.3 is 0 Å². The molecule has 16 heavy (non-hydrogen) atoms. The summed E-state index contributed by atoms with van der Waals surface area (Å²) in [6.45, 7) is 2.21. The van der Waals surface area contributed by atoms with Crippen LogP contribution < -0.4 is 4.72 Å². The first-order valence-corrected chi connectivity index (χ1v) is 8.73. The van der Waals surface area contributed by atoms with Crippen LogP contribution in [0.25, 0.3) is 0 Å². The fraction of sp³-hybridized carbons (Fsp3) is 1.00. The van der Waals surface area contributed by atoms with Gasteiger partial charge in [-0.05, 0) is 31.6 Å². The molecule has 0 aliphatic heterocycles. The Labute approximate surface area is 107 Å². The van der Waals surface area contributed by atoms with Crippen molar-refractivity contribution in [2.24, 2.45) is 5.92 Å². The molecule has 2 rings (SSSR count). The molecule has 0 aromatic carbocycles. The summed E-state index contributed by atoms with van der Waals surface area (Å²) < 4.78 is 27.0. The SMILES string of the molecule is CC1CCCC(CBr)(NS(=O)(=O)C2CC2)C1. The molecule has 5 heteroatoms. The molecule has 0 aromatic heterocycles. The van der Waals surface area contributed by atoms with Gasteiger partial charge in [-0.2, -0.15) is 0 Å². The summed E-state index contributed by atoms with van der Waals surface area (Å²) >= 11 is 3.49. The van der Waals surface area contributed by atoms with Gasteiger partial charge in [0.05, 0.1) is 5.25 Å². The fourth-order valence-electron chi connectivity index (χ4n) is 2.66. The van der Waals surface area contributed by atoms with Crippen LogP contribution in [0.1, 0.15) is 45.4 Å². The van der Waals surface area contributed by atoms with Crippen LogP contribution in [0.2, 0.25) is 0 Å². The average molecular weight is 310 g/mol. The molecule has 0 bridgehead atoms. The van der Waals surface area contributed by atoms with Gasteiger partial charge in [-0.15, -0.1) is 0 Å². The lowest BCUT2D eigenvalue weighted by Crippen LogP contribution is -2.53. The first kappa shape index (κ1) is 12.8. The summed E-state index contributed by atoms with van der Waals surface area (Å²) in [5, 5.41) is 0.622. The Balaban J connectivity index is 2.09. The van der Waals surface area contributed by atoms with E-state index in [1.54, 1.807) is 0 Å². The van der Waals surface area contributed by atoms with Crippen LogP contribution in [-0.2, 0) is 10.0 Å². The Kier molecular flexibility index (Phi) is 3.67. The Morgan fingerprint density at radius 3 is 2.56 bits per heavy atom. The van der Waals surface area contributed by atoms with Crippen LogP contribution in [0.15, 0.2) is 0 Å². The van der Waals surface area contributed by atoms with Crippen LogP contribution in [0.4, 0.5) is 0 Å². The largest absolute Gasteiger partial charge is 0.215 e. The number of rotatable bonds is 4. The molecule has 0 saturated heterocycles. The van der Waals surface area contributed by atoms with E-state index in [9.17, 15) is 8.42 Å². The molecule has 0 amide bonds. The van der Waals surface area contributed by atoms with E-state index in [-0.39, 0.29) is 10.8 Å². The van der Waals surface area contributed by atoms with E-state index in [2.05, 4.69) is 27.6 Å². The summed E-state index contributed by atoms with van der Waals surface area (Å²) in [5.41, 5.74) is -0.223. The molecule has 2 unspecified atom stereocenters. The van der Waals surface area contributed by atoms with Crippen molar-refractivity contribution in [3.8, 4) is 0 Å². The fourth-order valence-corrected chi connectivity index (χ4v) is 5.28. The van der Waals surface area contributed by atoms with Crippen molar-refractivity contribution in [2.75, 3.05) is 5.33 Å². The highest BCUT2D eigenvalue weighted by molar-refractivity contribution is 9.09. The second-order valence-electron chi connectivity index (χ2n) is 5.46. The molecule has 3 nitrogen and oxygen atoms in total. The highest BCUT2D eigenvalue weighted by Gasteiger charge is 2.43. The number of halogens is 1. The second kappa shape index (κ2) is 4.58. The predicted molar refractivity (Wildman–Crippen MR) is 69.2 cm³/mol. The molecule has 94 valence electrons. The first-order chi connectivity index (χ1) is 7.47. The van der Waals surface area contributed by atoms with Crippen molar-refractivity contribution in [1.82, 2.24) is 4.72 Å². The zero-order valence-electron chi connectivity index (χ0n) is 9.71. The normalized spacial score (nSPS) is 36.2. The average Bonchev–Trinajstić information content (AvgIpc) is 3.00. The van der Waals surface area contributed by atoms with Crippen LogP contribution in [0.5, 0.6) is 0 Å². The zero-order chi connectivity index (χ0) is 11.8. The number of sulfonamides is 1. The third-order valence-electron chi connectivity index (χ3n) is 3.67. The Morgan fingerprint density at radius 1 is 1.38 bits per heavy atom. The van der Waals surface area contributed by atoms with Crippen molar-refractivity contribution in [1.29, 1.82) is 0 Å². The summed E-state index contributed by atoms with van der Waals surface area (Å²) in [5.74, 6) is 0.619. The van der Waals surface area contributed by atoms with Gasteiger partial charge in [0.2, 0.25) is 10.0 Å². The monoisotopic (exact) mass is 309 g/mol. The van der Waals surface area contributed by atoms with E-state index in [4.69, 9.17) is 0 Å². The van der Waals surface area contributed by atoms with Crippen molar-refractivity contribution < 1.29 is 8.42 Å². The molecule has 2 fully saturated rings. The van der Waals surface area contributed by atoms with Gasteiger partial charge in [-0.25, -0.2) is 13.1 Å². The molecule has 0 heterocycles. The van der Waals surface area contributed by atoms with Gasteiger partial charge in [0.15, 0.2) is 0 Å². The third kappa shape index (κ3) is 2.79. The van der Waals surface area contributed by atoms with Crippen LogP contribution >= 0.6 is 15.9 Å². The van der Waals surface area contributed by atoms with E-state index in [0.29, 0.717) is 5.92 Å². The smallest absolute Gasteiger partial charge is 0.212 e. The lowest BCUT2D eigenvalue weighted by atomic mass is 9.78. The number of alkyl halides is 1. The molecule has 0 radical (unpaired) electrons. The molecular formula is C11H20BrNO2S. The molecular weight excluding hydrogens is 290 g/mol. The Morgan fingerprint density at radius 2 is 2.06 bits per heavy atom. The number of hydrogen-bond donors (Lipinski definition) is 1. The standard InChI is InChI=1S/C11H20BrNO2S/c1-9-3-2-6-11(7-9,8-12)13-16(14,15)10-4-5-10/h9-10,13H,2-8H2,1H3. The van der Waals surface area contributed by atoms with Gasteiger partial charge in [-0.1, -0.05) is 35.7 Å². The van der Waals surface area contributed by atoms with Gasteiger partial charge in [0, 0.05) is 10.9 Å². The maximum absolute atomic E-state index is 12.0. The second-order valence-corrected chi connectivity index (χ2v) is 7.98. The van der Waals surface area contributed by atoms with Crippen molar-refractivity contribution in [2.45, 2.75) is 56.2 Å². The Hall–Kier alpha value is 0.390. The maximum Gasteiger partial charge on any atom is 0.215 e. The van der Waals surface area contributed by atoms with E-state index < -0.39 is 10.0 Å². The number of hydrogen-bond acceptors (Lipinski definition) is 2. The molecule has 2 aliphatic carbocycles. The highest BCUT2D eigenvalue weighted by Crippen LogP contribution is 2.36. The van der Waals surface area contributed by atoms with Crippen LogP contribution in [0.3, 0.4) is 0 Å². The highest BCUT2D eigenvalue weighted by atomic mass is 79.9. The first-order valence-electron chi connectivity index (χ1n) is 6.06. The van der Waals surface area contributed by atoms with Gasteiger partial charge in [0.1, 0.15) is 0 Å². The summed E-state index contributed by atoms with van der Waals surface area (Å²) in [7, 11) is -3.06. The zero-order valence-corrected chi connectivity index (χ0v) is 12.1. The molecule has 2 atom stereocenters. The third-order valence-corrected chi connectivity index (χ3v) is 6.81. The predicted octanol–water partition coefficient (Wildman–Crippen LogP) is 2.41. The minimum Gasteiger partial charge on any atom is -0.212 e. The maximum atomic E-state index is 12.0. The lowest BCUT2D eigenvalue weighted by Gasteiger charge is -2.39.